The SMILES string of the molecule is C=C1CCc2cc(Nc3c(C(=O)Nc4ccccc4)sc4cnccc34)ccc21. The molecular weight excluding hydrogens is 378 g/mol. The first-order valence-corrected chi connectivity index (χ1v) is 10.3. The predicted molar refractivity (Wildman–Crippen MR) is 121 cm³/mol. The molecular formula is C24H19N3OS. The fraction of sp³-hybridized carbons (Fsp3) is 0.0833. The number of carbonyl (C=O) groups is 1. The van der Waals surface area contributed by atoms with Crippen LogP contribution in [0.2, 0.25) is 0 Å². The molecule has 0 bridgehead atoms. The molecule has 1 aliphatic rings. The Morgan fingerprint density at radius 2 is 1.90 bits per heavy atom. The molecule has 1 amide bonds. The van der Waals surface area contributed by atoms with Crippen LogP contribution in [0.3, 0.4) is 0 Å². The largest absolute Gasteiger partial charge is 0.354 e. The number of carbonyl (C=O) groups excluding carboxylic acids is 1. The van der Waals surface area contributed by atoms with Crippen LogP contribution < -0.4 is 10.6 Å². The van der Waals surface area contributed by atoms with Crippen LogP contribution in [0.5, 0.6) is 0 Å². The molecule has 2 aromatic carbocycles. The summed E-state index contributed by atoms with van der Waals surface area (Å²) in [6.07, 6.45) is 5.58. The Morgan fingerprint density at radius 3 is 2.76 bits per heavy atom. The van der Waals surface area contributed by atoms with Crippen molar-refractivity contribution in [1.82, 2.24) is 4.98 Å². The molecule has 0 spiro atoms. The Balaban J connectivity index is 1.53. The highest BCUT2D eigenvalue weighted by Crippen LogP contribution is 2.39. The molecule has 0 fully saturated rings. The van der Waals surface area contributed by atoms with Gasteiger partial charge in [0.15, 0.2) is 0 Å². The first-order valence-electron chi connectivity index (χ1n) is 9.50. The first-order chi connectivity index (χ1) is 14.2. The Hall–Kier alpha value is -3.44. The standard InChI is InChI=1S/C24H19N3OS/c1-15-7-8-16-13-18(9-10-19(15)16)26-22-20-11-12-25-14-21(20)29-23(22)24(28)27-17-5-3-2-4-6-17/h2-6,9-14,26H,1,7-8H2,(H,27,28). The Kier molecular flexibility index (Phi) is 4.37. The van der Waals surface area contributed by atoms with E-state index in [1.54, 1.807) is 12.4 Å². The number of hydrogen-bond acceptors (Lipinski definition) is 4. The van der Waals surface area contributed by atoms with Crippen LogP contribution >= 0.6 is 11.3 Å². The van der Waals surface area contributed by atoms with Crippen molar-refractivity contribution in [3.63, 3.8) is 0 Å². The molecule has 0 aliphatic heterocycles. The van der Waals surface area contributed by atoms with Gasteiger partial charge >= 0.3 is 0 Å². The smallest absolute Gasteiger partial charge is 0.267 e. The second-order valence-electron chi connectivity index (χ2n) is 7.10. The van der Waals surface area contributed by atoms with Gasteiger partial charge in [-0.1, -0.05) is 30.8 Å². The number of hydrogen-bond donors (Lipinski definition) is 2. The highest BCUT2D eigenvalue weighted by molar-refractivity contribution is 7.21. The molecule has 0 saturated carbocycles. The minimum absolute atomic E-state index is 0.130. The Labute approximate surface area is 172 Å². The maximum atomic E-state index is 13.1. The molecule has 0 atom stereocenters. The zero-order valence-corrected chi connectivity index (χ0v) is 16.6. The van der Waals surface area contributed by atoms with E-state index in [2.05, 4.69) is 40.4 Å². The average molecular weight is 398 g/mol. The van der Waals surface area contributed by atoms with Crippen molar-refractivity contribution < 1.29 is 4.79 Å². The number of allylic oxidation sites excluding steroid dienone is 1. The molecule has 4 aromatic rings. The van der Waals surface area contributed by atoms with E-state index in [0.717, 1.165) is 40.0 Å². The van der Waals surface area contributed by atoms with Crippen LogP contribution in [0, 0.1) is 0 Å². The third-order valence-corrected chi connectivity index (χ3v) is 6.32. The third-order valence-electron chi connectivity index (χ3n) is 5.18. The fourth-order valence-electron chi connectivity index (χ4n) is 3.73. The Morgan fingerprint density at radius 1 is 1.03 bits per heavy atom. The van der Waals surface area contributed by atoms with Crippen LogP contribution in [0.4, 0.5) is 17.1 Å². The molecule has 0 unspecified atom stereocenters. The van der Waals surface area contributed by atoms with E-state index in [4.69, 9.17) is 0 Å². The van der Waals surface area contributed by atoms with E-state index in [1.165, 1.54) is 28.0 Å². The number of nitrogens with one attached hydrogen (secondary N) is 2. The lowest BCUT2D eigenvalue weighted by atomic mass is 10.1. The maximum absolute atomic E-state index is 13.1. The number of anilines is 3. The average Bonchev–Trinajstić information content (AvgIpc) is 3.30. The van der Waals surface area contributed by atoms with Crippen LogP contribution in [0.15, 0.2) is 73.6 Å². The number of nitrogens with zero attached hydrogens (tertiary/aromatic N) is 1. The van der Waals surface area contributed by atoms with E-state index >= 15 is 0 Å². The number of para-hydroxylation sites is 1. The maximum Gasteiger partial charge on any atom is 0.267 e. The minimum atomic E-state index is -0.130. The summed E-state index contributed by atoms with van der Waals surface area (Å²) in [4.78, 5) is 17.9. The Bertz CT molecular complexity index is 1240. The van der Waals surface area contributed by atoms with E-state index in [9.17, 15) is 4.79 Å². The van der Waals surface area contributed by atoms with Crippen molar-refractivity contribution in [2.45, 2.75) is 12.8 Å². The van der Waals surface area contributed by atoms with Crippen LogP contribution in [0.25, 0.3) is 15.7 Å². The van der Waals surface area contributed by atoms with Gasteiger partial charge in [0, 0.05) is 29.2 Å². The lowest BCUT2D eigenvalue weighted by Crippen LogP contribution is -2.11. The quantitative estimate of drug-likeness (QED) is 0.428. The van der Waals surface area contributed by atoms with Gasteiger partial charge in [-0.3, -0.25) is 9.78 Å². The summed E-state index contributed by atoms with van der Waals surface area (Å²) in [5, 5.41) is 7.48. The summed E-state index contributed by atoms with van der Waals surface area (Å²) in [6.45, 7) is 4.14. The number of aromatic nitrogens is 1. The monoisotopic (exact) mass is 397 g/mol. The van der Waals surface area contributed by atoms with E-state index in [0.29, 0.717) is 4.88 Å². The number of pyridine rings is 1. The van der Waals surface area contributed by atoms with Gasteiger partial charge in [-0.05, 0) is 59.9 Å². The molecule has 0 radical (unpaired) electrons. The molecule has 0 saturated heterocycles. The lowest BCUT2D eigenvalue weighted by molar-refractivity contribution is 0.103. The molecule has 2 N–H and O–H groups in total. The summed E-state index contributed by atoms with van der Waals surface area (Å²) in [6, 6.07) is 17.8. The highest BCUT2D eigenvalue weighted by Gasteiger charge is 2.20. The van der Waals surface area contributed by atoms with Crippen molar-refractivity contribution in [2.24, 2.45) is 0 Å². The molecule has 2 heterocycles. The zero-order chi connectivity index (χ0) is 19.8. The number of thiophene rings is 1. The van der Waals surface area contributed by atoms with E-state index in [-0.39, 0.29) is 5.91 Å². The lowest BCUT2D eigenvalue weighted by Gasteiger charge is -2.11. The third kappa shape index (κ3) is 3.30. The highest BCUT2D eigenvalue weighted by atomic mass is 32.1. The molecule has 2 aromatic heterocycles. The van der Waals surface area contributed by atoms with Crippen LogP contribution in [-0.2, 0) is 6.42 Å². The summed E-state index contributed by atoms with van der Waals surface area (Å²) in [7, 11) is 0. The summed E-state index contributed by atoms with van der Waals surface area (Å²) >= 11 is 1.45. The van der Waals surface area contributed by atoms with E-state index < -0.39 is 0 Å². The summed E-state index contributed by atoms with van der Waals surface area (Å²) in [5.41, 5.74) is 6.31. The molecule has 4 nitrogen and oxygen atoms in total. The molecule has 1 aliphatic carbocycles. The minimum Gasteiger partial charge on any atom is -0.354 e. The number of benzene rings is 2. The number of amides is 1. The van der Waals surface area contributed by atoms with Crippen molar-refractivity contribution in [3.05, 3.63) is 89.6 Å². The number of aryl methyl sites for hydroxylation is 1. The van der Waals surface area contributed by atoms with Gasteiger partial charge in [0.25, 0.3) is 5.91 Å². The second kappa shape index (κ2) is 7.18. The second-order valence-corrected chi connectivity index (χ2v) is 8.15. The summed E-state index contributed by atoms with van der Waals surface area (Å²) in [5.74, 6) is -0.130. The molecule has 29 heavy (non-hydrogen) atoms. The summed E-state index contributed by atoms with van der Waals surface area (Å²) < 4.78 is 0.975. The van der Waals surface area contributed by atoms with Gasteiger partial charge in [-0.15, -0.1) is 11.3 Å². The van der Waals surface area contributed by atoms with Gasteiger partial charge in [0.2, 0.25) is 0 Å². The van der Waals surface area contributed by atoms with Crippen molar-refractivity contribution in [1.29, 1.82) is 0 Å². The fourth-order valence-corrected chi connectivity index (χ4v) is 4.75. The van der Waals surface area contributed by atoms with Gasteiger partial charge in [0.05, 0.1) is 10.4 Å². The zero-order valence-electron chi connectivity index (χ0n) is 15.7. The van der Waals surface area contributed by atoms with Gasteiger partial charge in [-0.2, -0.15) is 0 Å². The van der Waals surface area contributed by atoms with E-state index in [1.807, 2.05) is 36.4 Å². The topological polar surface area (TPSA) is 54.0 Å². The number of fused-ring (bicyclic) bond motifs is 2. The van der Waals surface area contributed by atoms with Crippen LogP contribution in [-0.4, -0.2) is 10.9 Å². The van der Waals surface area contributed by atoms with Crippen LogP contribution in [0.1, 0.15) is 27.2 Å². The molecule has 5 rings (SSSR count). The molecule has 142 valence electrons. The van der Waals surface area contributed by atoms with Crippen molar-refractivity contribution in [3.8, 4) is 0 Å². The van der Waals surface area contributed by atoms with Gasteiger partial charge in [0.1, 0.15) is 4.88 Å². The number of rotatable bonds is 4. The first kappa shape index (κ1) is 17.6. The van der Waals surface area contributed by atoms with Crippen molar-refractivity contribution in [2.75, 3.05) is 10.6 Å². The van der Waals surface area contributed by atoms with Gasteiger partial charge in [-0.25, -0.2) is 0 Å². The van der Waals surface area contributed by atoms with Crippen molar-refractivity contribution >= 4 is 50.0 Å². The predicted octanol–water partition coefficient (Wildman–Crippen LogP) is 6.25. The molecule has 5 heteroatoms. The van der Waals surface area contributed by atoms with Gasteiger partial charge < -0.3 is 10.6 Å². The normalized spacial score (nSPS) is 12.8.